The van der Waals surface area contributed by atoms with Crippen LogP contribution in [0.25, 0.3) is 11.1 Å². The van der Waals surface area contributed by atoms with Gasteiger partial charge in [0.05, 0.1) is 5.92 Å². The summed E-state index contributed by atoms with van der Waals surface area (Å²) in [7, 11) is 0. The normalized spacial score (nSPS) is 20.1. The van der Waals surface area contributed by atoms with Crippen molar-refractivity contribution in [2.24, 2.45) is 11.8 Å². The van der Waals surface area contributed by atoms with Gasteiger partial charge in [0.15, 0.2) is 0 Å². The van der Waals surface area contributed by atoms with Crippen molar-refractivity contribution < 1.29 is 24.2 Å². The molecule has 1 unspecified atom stereocenters. The van der Waals surface area contributed by atoms with Crippen LogP contribution in [0.3, 0.4) is 0 Å². The van der Waals surface area contributed by atoms with E-state index in [0.717, 1.165) is 11.1 Å². The molecule has 2 N–H and O–H groups in total. The number of carbonyl (C=O) groups is 3. The molecule has 0 saturated carbocycles. The predicted molar refractivity (Wildman–Crippen MR) is 124 cm³/mol. The largest absolute Gasteiger partial charge is 0.481 e. The van der Waals surface area contributed by atoms with Crippen LogP contribution in [0, 0.1) is 11.8 Å². The van der Waals surface area contributed by atoms with Crippen molar-refractivity contribution in [2.45, 2.75) is 38.6 Å². The molecule has 0 aromatic heterocycles. The number of carboxylic acids is 1. The van der Waals surface area contributed by atoms with Crippen LogP contribution >= 0.6 is 0 Å². The van der Waals surface area contributed by atoms with Crippen LogP contribution < -0.4 is 5.32 Å². The molecule has 2 amide bonds. The second-order valence-electron chi connectivity index (χ2n) is 9.00. The number of amides is 2. The van der Waals surface area contributed by atoms with E-state index in [-0.39, 0.29) is 43.4 Å². The molecule has 0 spiro atoms. The smallest absolute Gasteiger partial charge is 0.407 e. The quantitative estimate of drug-likeness (QED) is 0.668. The van der Waals surface area contributed by atoms with Gasteiger partial charge in [0.1, 0.15) is 6.61 Å². The molecule has 174 valence electrons. The molecule has 1 aliphatic heterocycles. The van der Waals surface area contributed by atoms with Crippen LogP contribution in [0.1, 0.15) is 43.7 Å². The van der Waals surface area contributed by atoms with Crippen molar-refractivity contribution in [3.63, 3.8) is 0 Å². The summed E-state index contributed by atoms with van der Waals surface area (Å²) < 4.78 is 5.59. The average molecular weight is 451 g/mol. The second-order valence-corrected chi connectivity index (χ2v) is 9.00. The van der Waals surface area contributed by atoms with E-state index in [0.29, 0.717) is 13.0 Å². The molecular weight excluding hydrogens is 420 g/mol. The monoisotopic (exact) mass is 450 g/mol. The number of ether oxygens (including phenoxy) is 1. The lowest BCUT2D eigenvalue weighted by atomic mass is 9.98. The number of hydrogen-bond acceptors (Lipinski definition) is 4. The van der Waals surface area contributed by atoms with Crippen LogP contribution in [0.15, 0.2) is 48.5 Å². The Bertz CT molecular complexity index is 1010. The van der Waals surface area contributed by atoms with Gasteiger partial charge in [-0.3, -0.25) is 9.59 Å². The Morgan fingerprint density at radius 2 is 1.67 bits per heavy atom. The molecular formula is C26H30N2O5. The lowest BCUT2D eigenvalue weighted by molar-refractivity contribution is -0.142. The Kier molecular flexibility index (Phi) is 6.67. The summed E-state index contributed by atoms with van der Waals surface area (Å²) in [4.78, 5) is 38.2. The highest BCUT2D eigenvalue weighted by Gasteiger charge is 2.37. The SMILES string of the molecule is CCC(CC(=O)N1C[C@H](C(=O)O)[C@@H](C)C1)NC(=O)OCC1c2ccccc2-c2ccccc21. The number of hydrogen-bond donors (Lipinski definition) is 2. The Balaban J connectivity index is 1.33. The van der Waals surface area contributed by atoms with Gasteiger partial charge in [-0.15, -0.1) is 0 Å². The minimum Gasteiger partial charge on any atom is -0.481 e. The van der Waals surface area contributed by atoms with Gasteiger partial charge in [-0.1, -0.05) is 62.4 Å². The summed E-state index contributed by atoms with van der Waals surface area (Å²) in [5.74, 6) is -1.66. The van der Waals surface area contributed by atoms with Crippen LogP contribution in [0.5, 0.6) is 0 Å². The minimum absolute atomic E-state index is 0.0242. The van der Waals surface area contributed by atoms with Gasteiger partial charge < -0.3 is 20.1 Å². The number of likely N-dealkylation sites (tertiary alicyclic amines) is 1. The Hall–Kier alpha value is -3.35. The summed E-state index contributed by atoms with van der Waals surface area (Å²) in [6.07, 6.45) is 0.149. The van der Waals surface area contributed by atoms with E-state index in [1.807, 2.05) is 38.1 Å². The Morgan fingerprint density at radius 3 is 2.21 bits per heavy atom. The van der Waals surface area contributed by atoms with Gasteiger partial charge in [-0.05, 0) is 34.6 Å². The standard InChI is InChI=1S/C26H30N2O5/c1-3-17(12-24(29)28-13-16(2)22(14-28)25(30)31)27-26(32)33-15-23-20-10-6-4-8-18(20)19-9-5-7-11-21(19)23/h4-11,16-17,22-23H,3,12-15H2,1-2H3,(H,27,32)(H,30,31)/t16-,17?,22-/m0/s1. The second kappa shape index (κ2) is 9.65. The number of carbonyl (C=O) groups excluding carboxylic acids is 2. The lowest BCUT2D eigenvalue weighted by Crippen LogP contribution is -2.40. The van der Waals surface area contributed by atoms with Crippen LogP contribution in [0.4, 0.5) is 4.79 Å². The maximum Gasteiger partial charge on any atom is 0.407 e. The van der Waals surface area contributed by atoms with Gasteiger partial charge >= 0.3 is 12.1 Å². The van der Waals surface area contributed by atoms with E-state index in [9.17, 15) is 19.5 Å². The molecule has 7 heteroatoms. The first-order valence-corrected chi connectivity index (χ1v) is 11.5. The molecule has 1 heterocycles. The fourth-order valence-electron chi connectivity index (χ4n) is 4.94. The van der Waals surface area contributed by atoms with Crippen molar-refractivity contribution in [3.8, 4) is 11.1 Å². The lowest BCUT2D eigenvalue weighted by Gasteiger charge is -2.22. The van der Waals surface area contributed by atoms with Gasteiger partial charge in [0, 0.05) is 31.5 Å². The van der Waals surface area contributed by atoms with Crippen molar-refractivity contribution >= 4 is 18.0 Å². The van der Waals surface area contributed by atoms with Gasteiger partial charge in [0.25, 0.3) is 0 Å². The van der Waals surface area contributed by atoms with E-state index in [2.05, 4.69) is 29.6 Å². The molecule has 33 heavy (non-hydrogen) atoms. The summed E-state index contributed by atoms with van der Waals surface area (Å²) in [5.41, 5.74) is 4.62. The number of alkyl carbamates (subject to hydrolysis) is 1. The highest BCUT2D eigenvalue weighted by molar-refractivity contribution is 5.81. The van der Waals surface area contributed by atoms with Gasteiger partial charge in [-0.2, -0.15) is 0 Å². The first-order valence-electron chi connectivity index (χ1n) is 11.5. The summed E-state index contributed by atoms with van der Waals surface area (Å²) in [6, 6.07) is 15.9. The molecule has 2 aromatic carbocycles. The molecule has 4 rings (SSSR count). The first-order chi connectivity index (χ1) is 15.9. The first kappa shape index (κ1) is 22.8. The van der Waals surface area contributed by atoms with Crippen molar-refractivity contribution in [3.05, 3.63) is 59.7 Å². The highest BCUT2D eigenvalue weighted by atomic mass is 16.5. The van der Waals surface area contributed by atoms with E-state index >= 15 is 0 Å². The molecule has 1 saturated heterocycles. The van der Waals surface area contributed by atoms with Crippen molar-refractivity contribution in [1.82, 2.24) is 10.2 Å². The topological polar surface area (TPSA) is 95.9 Å². The predicted octanol–water partition coefficient (Wildman–Crippen LogP) is 3.87. The van der Waals surface area contributed by atoms with Crippen molar-refractivity contribution in [1.29, 1.82) is 0 Å². The number of fused-ring (bicyclic) bond motifs is 3. The minimum atomic E-state index is -0.874. The number of nitrogens with one attached hydrogen (secondary N) is 1. The van der Waals surface area contributed by atoms with E-state index < -0.39 is 18.0 Å². The van der Waals surface area contributed by atoms with Crippen LogP contribution in [0.2, 0.25) is 0 Å². The molecule has 1 fully saturated rings. The zero-order valence-corrected chi connectivity index (χ0v) is 19.0. The molecule has 0 radical (unpaired) electrons. The van der Waals surface area contributed by atoms with Crippen LogP contribution in [-0.4, -0.2) is 53.7 Å². The maximum atomic E-state index is 12.7. The highest BCUT2D eigenvalue weighted by Crippen LogP contribution is 2.44. The summed E-state index contributed by atoms with van der Waals surface area (Å²) in [5, 5.41) is 12.1. The molecule has 1 aliphatic carbocycles. The number of aliphatic carboxylic acids is 1. The fourth-order valence-corrected chi connectivity index (χ4v) is 4.94. The molecule has 2 aliphatic rings. The zero-order chi connectivity index (χ0) is 23.5. The van der Waals surface area contributed by atoms with Crippen LogP contribution in [-0.2, 0) is 14.3 Å². The third-order valence-electron chi connectivity index (χ3n) is 6.86. The summed E-state index contributed by atoms with van der Waals surface area (Å²) in [6.45, 7) is 4.61. The number of carboxylic acid groups (broad SMARTS) is 1. The van der Waals surface area contributed by atoms with E-state index in [4.69, 9.17) is 4.74 Å². The average Bonchev–Trinajstić information content (AvgIpc) is 3.35. The molecule has 2 aromatic rings. The van der Waals surface area contributed by atoms with Crippen molar-refractivity contribution in [2.75, 3.05) is 19.7 Å². The third kappa shape index (κ3) is 4.72. The fraction of sp³-hybridized carbons (Fsp3) is 0.423. The maximum absolute atomic E-state index is 12.7. The summed E-state index contributed by atoms with van der Waals surface area (Å²) >= 11 is 0. The zero-order valence-electron chi connectivity index (χ0n) is 19.0. The third-order valence-corrected chi connectivity index (χ3v) is 6.86. The number of benzene rings is 2. The molecule has 3 atom stereocenters. The number of rotatable bonds is 7. The van der Waals surface area contributed by atoms with E-state index in [1.165, 1.54) is 11.1 Å². The van der Waals surface area contributed by atoms with Gasteiger partial charge in [0.2, 0.25) is 5.91 Å². The Morgan fingerprint density at radius 1 is 1.06 bits per heavy atom. The Labute approximate surface area is 193 Å². The molecule has 7 nitrogen and oxygen atoms in total. The number of nitrogens with zero attached hydrogens (tertiary/aromatic N) is 1. The van der Waals surface area contributed by atoms with Gasteiger partial charge in [-0.25, -0.2) is 4.79 Å². The molecule has 0 bridgehead atoms. The van der Waals surface area contributed by atoms with E-state index in [1.54, 1.807) is 4.90 Å².